The maximum absolute atomic E-state index is 13.3. The molecule has 2 amide bonds. The number of rotatable bonds is 8. The quantitative estimate of drug-likeness (QED) is 0.286. The molecule has 0 radical (unpaired) electrons. The van der Waals surface area contributed by atoms with E-state index in [9.17, 15) is 22.8 Å². The third-order valence-corrected chi connectivity index (χ3v) is 6.66. The Bertz CT molecular complexity index is 1450. The number of carbonyl (C=O) groups excluding carboxylic acids is 2. The van der Waals surface area contributed by atoms with Crippen LogP contribution >= 0.6 is 11.8 Å². The first-order chi connectivity index (χ1) is 18.1. The Labute approximate surface area is 221 Å². The van der Waals surface area contributed by atoms with Gasteiger partial charge in [0.1, 0.15) is 0 Å². The van der Waals surface area contributed by atoms with Crippen LogP contribution in [0.1, 0.15) is 32.9 Å². The van der Waals surface area contributed by atoms with Crippen molar-refractivity contribution >= 4 is 29.3 Å². The molecule has 0 saturated heterocycles. The first-order valence-corrected chi connectivity index (χ1v) is 12.6. The summed E-state index contributed by atoms with van der Waals surface area (Å²) in [5.74, 6) is -0.670. The van der Waals surface area contributed by atoms with Crippen molar-refractivity contribution in [3.05, 3.63) is 101 Å². The van der Waals surface area contributed by atoms with Crippen LogP contribution < -0.4 is 10.6 Å². The van der Waals surface area contributed by atoms with E-state index in [4.69, 9.17) is 0 Å². The van der Waals surface area contributed by atoms with Gasteiger partial charge < -0.3 is 10.6 Å². The van der Waals surface area contributed by atoms with Gasteiger partial charge in [0.25, 0.3) is 5.91 Å². The number of aromatic nitrogens is 3. The van der Waals surface area contributed by atoms with Gasteiger partial charge in [-0.1, -0.05) is 48.2 Å². The second-order valence-electron chi connectivity index (χ2n) is 8.43. The molecule has 3 aromatic carbocycles. The highest BCUT2D eigenvalue weighted by atomic mass is 32.2. The highest BCUT2D eigenvalue weighted by Gasteiger charge is 2.33. The first-order valence-electron chi connectivity index (χ1n) is 11.6. The molecule has 7 nitrogen and oxygen atoms in total. The zero-order chi connectivity index (χ0) is 27.3. The van der Waals surface area contributed by atoms with Crippen LogP contribution in [0.25, 0.3) is 5.69 Å². The third kappa shape index (κ3) is 6.41. The number of thioether (sulfide) groups is 1. The molecule has 0 saturated carbocycles. The smallest absolute Gasteiger partial charge is 0.345 e. The Balaban J connectivity index is 1.49. The molecule has 0 spiro atoms. The number of alkyl halides is 3. The summed E-state index contributed by atoms with van der Waals surface area (Å²) in [6.45, 7) is 3.97. The number of benzene rings is 3. The van der Waals surface area contributed by atoms with Gasteiger partial charge in [-0.25, -0.2) is 0 Å². The lowest BCUT2D eigenvalue weighted by atomic mass is 10.1. The second kappa shape index (κ2) is 11.5. The van der Waals surface area contributed by atoms with Crippen molar-refractivity contribution < 1.29 is 22.8 Å². The molecule has 196 valence electrons. The average molecular weight is 540 g/mol. The van der Waals surface area contributed by atoms with Gasteiger partial charge in [-0.2, -0.15) is 13.2 Å². The normalized spacial score (nSPS) is 11.3. The summed E-state index contributed by atoms with van der Waals surface area (Å²) in [6.07, 6.45) is -4.60. The molecular weight excluding hydrogens is 515 g/mol. The van der Waals surface area contributed by atoms with E-state index in [1.165, 1.54) is 18.2 Å². The largest absolute Gasteiger partial charge is 0.418 e. The minimum atomic E-state index is -4.60. The van der Waals surface area contributed by atoms with Crippen molar-refractivity contribution in [3.8, 4) is 5.69 Å². The van der Waals surface area contributed by atoms with Crippen LogP contribution in [0.2, 0.25) is 0 Å². The Kier molecular flexibility index (Phi) is 8.16. The van der Waals surface area contributed by atoms with Crippen molar-refractivity contribution in [1.82, 2.24) is 20.1 Å². The van der Waals surface area contributed by atoms with Crippen LogP contribution in [-0.2, 0) is 17.5 Å². The van der Waals surface area contributed by atoms with E-state index in [1.807, 2.05) is 56.3 Å². The van der Waals surface area contributed by atoms with Crippen LogP contribution in [0.3, 0.4) is 0 Å². The molecule has 2 N–H and O–H groups in total. The Morgan fingerprint density at radius 1 is 0.921 bits per heavy atom. The van der Waals surface area contributed by atoms with Crippen LogP contribution in [0.15, 0.2) is 78.0 Å². The summed E-state index contributed by atoms with van der Waals surface area (Å²) >= 11 is 1.02. The molecule has 0 unspecified atom stereocenters. The summed E-state index contributed by atoms with van der Waals surface area (Å²) in [5, 5.41) is 13.9. The molecule has 11 heteroatoms. The molecule has 4 rings (SSSR count). The molecule has 0 aliphatic heterocycles. The van der Waals surface area contributed by atoms with Gasteiger partial charge in [0, 0.05) is 11.3 Å². The third-order valence-electron chi connectivity index (χ3n) is 5.73. The maximum Gasteiger partial charge on any atom is 0.418 e. The van der Waals surface area contributed by atoms with Crippen LogP contribution in [-0.4, -0.2) is 32.3 Å². The number of nitrogens with zero attached hydrogens (tertiary/aromatic N) is 3. The molecule has 0 atom stereocenters. The van der Waals surface area contributed by atoms with Crippen molar-refractivity contribution in [2.45, 2.75) is 31.7 Å². The number of halogens is 3. The number of para-hydroxylation sites is 2. The maximum atomic E-state index is 13.3. The standard InChI is InChI=1S/C27H24F3N5O2S/c1-17-12-13-19(14-18(17)2)25(37)31-15-23-33-34-26(35(23)20-8-4-3-5-9-20)38-16-24(36)32-22-11-7-6-10-21(22)27(28,29)30/h3-14H,15-16H2,1-2H3,(H,31,37)(H,32,36). The minimum Gasteiger partial charge on any atom is -0.345 e. The molecule has 1 heterocycles. The molecule has 4 aromatic rings. The lowest BCUT2D eigenvalue weighted by molar-refractivity contribution is -0.137. The fourth-order valence-electron chi connectivity index (χ4n) is 3.64. The molecule has 38 heavy (non-hydrogen) atoms. The number of amides is 2. The van der Waals surface area contributed by atoms with Crippen LogP contribution in [0, 0.1) is 13.8 Å². The molecule has 0 aliphatic carbocycles. The Hall–Kier alpha value is -4.12. The van der Waals surface area contributed by atoms with Crippen molar-refractivity contribution in [1.29, 1.82) is 0 Å². The predicted molar refractivity (Wildman–Crippen MR) is 139 cm³/mol. The SMILES string of the molecule is Cc1ccc(C(=O)NCc2nnc(SCC(=O)Nc3ccccc3C(F)(F)F)n2-c2ccccc2)cc1C. The van der Waals surface area contributed by atoms with Gasteiger partial charge in [-0.15, -0.1) is 10.2 Å². The van der Waals surface area contributed by atoms with E-state index in [1.54, 1.807) is 10.6 Å². The number of nitrogens with one attached hydrogen (secondary N) is 2. The fourth-order valence-corrected chi connectivity index (χ4v) is 4.42. The zero-order valence-corrected chi connectivity index (χ0v) is 21.4. The summed E-state index contributed by atoms with van der Waals surface area (Å²) in [5.41, 5.74) is 2.07. The number of anilines is 1. The van der Waals surface area contributed by atoms with E-state index in [2.05, 4.69) is 20.8 Å². The van der Waals surface area contributed by atoms with Gasteiger partial charge in [-0.05, 0) is 61.4 Å². The van der Waals surface area contributed by atoms with Gasteiger partial charge in [0.05, 0.1) is 23.5 Å². The van der Waals surface area contributed by atoms with Crippen molar-refractivity contribution in [2.24, 2.45) is 0 Å². The topological polar surface area (TPSA) is 88.9 Å². The lowest BCUT2D eigenvalue weighted by Gasteiger charge is -2.14. The van der Waals surface area contributed by atoms with E-state index in [0.29, 0.717) is 22.2 Å². The lowest BCUT2D eigenvalue weighted by Crippen LogP contribution is -2.24. The second-order valence-corrected chi connectivity index (χ2v) is 9.37. The van der Waals surface area contributed by atoms with Gasteiger partial charge in [0.2, 0.25) is 5.91 Å². The molecule has 0 aliphatic rings. The molecule has 1 aromatic heterocycles. The van der Waals surface area contributed by atoms with Crippen LogP contribution in [0.4, 0.5) is 18.9 Å². The number of hydrogen-bond donors (Lipinski definition) is 2. The van der Waals surface area contributed by atoms with Crippen LogP contribution in [0.5, 0.6) is 0 Å². The minimum absolute atomic E-state index is 0.0688. The number of aryl methyl sites for hydroxylation is 2. The zero-order valence-electron chi connectivity index (χ0n) is 20.5. The van der Waals surface area contributed by atoms with Gasteiger partial charge in [0.15, 0.2) is 11.0 Å². The van der Waals surface area contributed by atoms with Gasteiger partial charge in [-0.3, -0.25) is 14.2 Å². The van der Waals surface area contributed by atoms with E-state index < -0.39 is 17.6 Å². The summed E-state index contributed by atoms with van der Waals surface area (Å²) < 4.78 is 41.5. The monoisotopic (exact) mass is 539 g/mol. The van der Waals surface area contributed by atoms with E-state index in [-0.39, 0.29) is 23.9 Å². The predicted octanol–water partition coefficient (Wildman–Crippen LogP) is 5.56. The van der Waals surface area contributed by atoms with Crippen molar-refractivity contribution in [2.75, 3.05) is 11.1 Å². The molecular formula is C27H24F3N5O2S. The highest BCUT2D eigenvalue weighted by molar-refractivity contribution is 7.99. The van der Waals surface area contributed by atoms with E-state index >= 15 is 0 Å². The summed E-state index contributed by atoms with van der Waals surface area (Å²) in [6, 6.07) is 19.4. The highest BCUT2D eigenvalue weighted by Crippen LogP contribution is 2.34. The summed E-state index contributed by atoms with van der Waals surface area (Å²) in [4.78, 5) is 25.2. The number of hydrogen-bond acceptors (Lipinski definition) is 5. The number of carbonyl (C=O) groups is 2. The van der Waals surface area contributed by atoms with Gasteiger partial charge >= 0.3 is 6.18 Å². The Morgan fingerprint density at radius 2 is 1.63 bits per heavy atom. The average Bonchev–Trinajstić information content (AvgIpc) is 3.30. The van der Waals surface area contributed by atoms with E-state index in [0.717, 1.165) is 29.0 Å². The first kappa shape index (κ1) is 26.9. The molecule has 0 bridgehead atoms. The fraction of sp³-hybridized carbons (Fsp3) is 0.185. The molecule has 0 fully saturated rings. The van der Waals surface area contributed by atoms with Crippen molar-refractivity contribution in [3.63, 3.8) is 0 Å². The Morgan fingerprint density at radius 3 is 2.34 bits per heavy atom. The summed E-state index contributed by atoms with van der Waals surface area (Å²) in [7, 11) is 0.